The Morgan fingerprint density at radius 2 is 2.16 bits per heavy atom. The lowest BCUT2D eigenvalue weighted by Gasteiger charge is -2.06. The van der Waals surface area contributed by atoms with Gasteiger partial charge < -0.3 is 15.2 Å². The van der Waals surface area contributed by atoms with Crippen molar-refractivity contribution >= 4 is 15.8 Å². The van der Waals surface area contributed by atoms with Gasteiger partial charge in [0.25, 0.3) is 0 Å². The predicted molar refractivity (Wildman–Crippen MR) is 70.2 cm³/mol. The van der Waals surface area contributed by atoms with Crippen LogP contribution in [-0.4, -0.2) is 51.7 Å². The highest BCUT2D eigenvalue weighted by atomic mass is 32.2. The molecule has 1 heterocycles. The van der Waals surface area contributed by atoms with Crippen LogP contribution in [0.3, 0.4) is 0 Å². The highest BCUT2D eigenvalue weighted by Gasteiger charge is 2.20. The number of methoxy groups -OCH3 is 1. The van der Waals surface area contributed by atoms with Crippen LogP contribution in [0.1, 0.15) is 6.92 Å². The second-order valence-electron chi connectivity index (χ2n) is 3.74. The summed E-state index contributed by atoms with van der Waals surface area (Å²) in [6.07, 6.45) is 1.41. The van der Waals surface area contributed by atoms with Crippen molar-refractivity contribution in [3.8, 4) is 0 Å². The summed E-state index contributed by atoms with van der Waals surface area (Å²) in [6, 6.07) is 0. The summed E-state index contributed by atoms with van der Waals surface area (Å²) in [5.41, 5.74) is 5.57. The standard InChI is InChI=1S/C10H20N4O4S/c1-3-14-8-9(10(11)13-14)19(15,16)12-4-5-18-7-6-17-2/h8,12H,3-7H2,1-2H3,(H2,11,13). The Kier molecular flexibility index (Phi) is 6.22. The molecule has 0 radical (unpaired) electrons. The second-order valence-corrected chi connectivity index (χ2v) is 5.47. The first-order valence-corrected chi connectivity index (χ1v) is 7.39. The molecule has 0 aromatic carbocycles. The minimum absolute atomic E-state index is 0.00495. The van der Waals surface area contributed by atoms with E-state index in [9.17, 15) is 8.42 Å². The van der Waals surface area contributed by atoms with Crippen LogP contribution in [0.2, 0.25) is 0 Å². The second kappa shape index (κ2) is 7.43. The molecule has 0 spiro atoms. The van der Waals surface area contributed by atoms with Gasteiger partial charge in [-0.1, -0.05) is 0 Å². The van der Waals surface area contributed by atoms with Crippen molar-refractivity contribution in [3.63, 3.8) is 0 Å². The van der Waals surface area contributed by atoms with Gasteiger partial charge in [0.15, 0.2) is 5.82 Å². The van der Waals surface area contributed by atoms with E-state index in [4.69, 9.17) is 15.2 Å². The Hall–Kier alpha value is -1.16. The summed E-state index contributed by atoms with van der Waals surface area (Å²) < 4.78 is 37.7. The fraction of sp³-hybridized carbons (Fsp3) is 0.700. The van der Waals surface area contributed by atoms with Gasteiger partial charge in [-0.25, -0.2) is 13.1 Å². The largest absolute Gasteiger partial charge is 0.382 e. The zero-order valence-corrected chi connectivity index (χ0v) is 11.9. The Morgan fingerprint density at radius 1 is 1.42 bits per heavy atom. The molecule has 0 saturated carbocycles. The van der Waals surface area contributed by atoms with Gasteiger partial charge >= 0.3 is 0 Å². The van der Waals surface area contributed by atoms with Crippen molar-refractivity contribution in [1.82, 2.24) is 14.5 Å². The number of rotatable bonds is 9. The molecule has 0 saturated heterocycles. The quantitative estimate of drug-likeness (QED) is 0.590. The molecule has 0 aliphatic carbocycles. The fourth-order valence-corrected chi connectivity index (χ4v) is 2.44. The number of nitrogens with two attached hydrogens (primary N) is 1. The Morgan fingerprint density at radius 3 is 2.74 bits per heavy atom. The fourth-order valence-electron chi connectivity index (χ4n) is 1.36. The van der Waals surface area contributed by atoms with Gasteiger partial charge in [0, 0.05) is 26.4 Å². The monoisotopic (exact) mass is 292 g/mol. The summed E-state index contributed by atoms with van der Waals surface area (Å²) in [5.74, 6) is -0.00495. The summed E-state index contributed by atoms with van der Waals surface area (Å²) in [6.45, 7) is 3.74. The summed E-state index contributed by atoms with van der Waals surface area (Å²) >= 11 is 0. The zero-order chi connectivity index (χ0) is 14.3. The maximum Gasteiger partial charge on any atom is 0.245 e. The average molecular weight is 292 g/mol. The first-order valence-electron chi connectivity index (χ1n) is 5.90. The molecule has 3 N–H and O–H groups in total. The summed E-state index contributed by atoms with van der Waals surface area (Å²) in [7, 11) is -2.07. The SMILES string of the molecule is CCn1cc(S(=O)(=O)NCCOCCOC)c(N)n1. The van der Waals surface area contributed by atoms with Crippen LogP contribution in [0.5, 0.6) is 0 Å². The number of aromatic nitrogens is 2. The number of nitrogens with one attached hydrogen (secondary N) is 1. The van der Waals surface area contributed by atoms with Crippen LogP contribution in [0, 0.1) is 0 Å². The van der Waals surface area contributed by atoms with Crippen molar-refractivity contribution in [1.29, 1.82) is 0 Å². The van der Waals surface area contributed by atoms with E-state index >= 15 is 0 Å². The number of nitrogen functional groups attached to an aromatic ring is 1. The molecule has 1 aromatic rings. The molecule has 8 nitrogen and oxygen atoms in total. The molecule has 0 aliphatic rings. The van der Waals surface area contributed by atoms with Gasteiger partial charge in [0.2, 0.25) is 10.0 Å². The molecule has 110 valence electrons. The number of nitrogens with zero attached hydrogens (tertiary/aromatic N) is 2. The predicted octanol–water partition coefficient (Wildman–Crippen LogP) is -0.573. The number of ether oxygens (including phenoxy) is 2. The zero-order valence-electron chi connectivity index (χ0n) is 11.1. The van der Waals surface area contributed by atoms with E-state index in [0.29, 0.717) is 19.8 Å². The van der Waals surface area contributed by atoms with Crippen molar-refractivity contribution in [2.45, 2.75) is 18.4 Å². The normalized spacial score (nSPS) is 11.9. The van der Waals surface area contributed by atoms with Gasteiger partial charge in [0.1, 0.15) is 4.90 Å². The topological polar surface area (TPSA) is 108 Å². The third-order valence-corrected chi connectivity index (χ3v) is 3.82. The van der Waals surface area contributed by atoms with Crippen LogP contribution >= 0.6 is 0 Å². The molecular weight excluding hydrogens is 272 g/mol. The molecule has 0 fully saturated rings. The number of sulfonamides is 1. The molecule has 0 atom stereocenters. The third-order valence-electron chi connectivity index (χ3n) is 2.34. The van der Waals surface area contributed by atoms with E-state index in [-0.39, 0.29) is 23.9 Å². The van der Waals surface area contributed by atoms with E-state index in [0.717, 1.165) is 0 Å². The number of aryl methyl sites for hydroxylation is 1. The van der Waals surface area contributed by atoms with Crippen LogP contribution in [0.4, 0.5) is 5.82 Å². The molecule has 0 amide bonds. The molecule has 0 bridgehead atoms. The number of hydrogen-bond donors (Lipinski definition) is 2. The molecule has 19 heavy (non-hydrogen) atoms. The van der Waals surface area contributed by atoms with Gasteiger partial charge in [0.05, 0.1) is 19.8 Å². The van der Waals surface area contributed by atoms with Gasteiger partial charge in [-0.3, -0.25) is 4.68 Å². The van der Waals surface area contributed by atoms with E-state index in [1.807, 2.05) is 6.92 Å². The number of hydrogen-bond acceptors (Lipinski definition) is 6. The number of anilines is 1. The lowest BCUT2D eigenvalue weighted by atomic mass is 10.6. The van der Waals surface area contributed by atoms with Crippen LogP contribution < -0.4 is 10.5 Å². The van der Waals surface area contributed by atoms with E-state index < -0.39 is 10.0 Å². The van der Waals surface area contributed by atoms with E-state index in [2.05, 4.69) is 9.82 Å². The van der Waals surface area contributed by atoms with E-state index in [1.165, 1.54) is 10.9 Å². The smallest absolute Gasteiger partial charge is 0.245 e. The molecule has 0 aliphatic heterocycles. The summed E-state index contributed by atoms with van der Waals surface area (Å²) in [4.78, 5) is -0.00811. The minimum atomic E-state index is -3.64. The van der Waals surface area contributed by atoms with Crippen molar-refractivity contribution in [2.75, 3.05) is 39.2 Å². The molecular formula is C10H20N4O4S. The lowest BCUT2D eigenvalue weighted by Crippen LogP contribution is -2.28. The highest BCUT2D eigenvalue weighted by molar-refractivity contribution is 7.89. The van der Waals surface area contributed by atoms with Gasteiger partial charge in [-0.2, -0.15) is 5.10 Å². The Bertz CT molecular complexity index is 486. The van der Waals surface area contributed by atoms with Crippen molar-refractivity contribution < 1.29 is 17.9 Å². The first kappa shape index (κ1) is 15.9. The molecule has 0 unspecified atom stereocenters. The first-order chi connectivity index (χ1) is 9.01. The van der Waals surface area contributed by atoms with Crippen molar-refractivity contribution in [2.24, 2.45) is 0 Å². The molecule has 1 rings (SSSR count). The average Bonchev–Trinajstić information content (AvgIpc) is 2.76. The van der Waals surface area contributed by atoms with Gasteiger partial charge in [-0.15, -0.1) is 0 Å². The van der Waals surface area contributed by atoms with E-state index in [1.54, 1.807) is 7.11 Å². The van der Waals surface area contributed by atoms with Crippen LogP contribution in [0.25, 0.3) is 0 Å². The Balaban J connectivity index is 2.49. The third kappa shape index (κ3) is 4.78. The Labute approximate surface area is 112 Å². The van der Waals surface area contributed by atoms with Crippen LogP contribution in [0.15, 0.2) is 11.1 Å². The lowest BCUT2D eigenvalue weighted by molar-refractivity contribution is 0.0736. The maximum atomic E-state index is 11.9. The highest BCUT2D eigenvalue weighted by Crippen LogP contribution is 2.15. The minimum Gasteiger partial charge on any atom is -0.382 e. The van der Waals surface area contributed by atoms with Crippen molar-refractivity contribution in [3.05, 3.63) is 6.20 Å². The maximum absolute atomic E-state index is 11.9. The van der Waals surface area contributed by atoms with Crippen LogP contribution in [-0.2, 0) is 26.0 Å². The molecule has 9 heteroatoms. The van der Waals surface area contributed by atoms with Gasteiger partial charge in [-0.05, 0) is 6.92 Å². The summed E-state index contributed by atoms with van der Waals surface area (Å²) in [5, 5.41) is 3.89. The molecule has 1 aromatic heterocycles.